The molecule has 0 radical (unpaired) electrons. The van der Waals surface area contributed by atoms with E-state index >= 15 is 0 Å². The zero-order valence-electron chi connectivity index (χ0n) is 17.5. The summed E-state index contributed by atoms with van der Waals surface area (Å²) in [6.45, 7) is 4.68. The van der Waals surface area contributed by atoms with Gasteiger partial charge in [-0.2, -0.15) is 0 Å². The molecule has 1 N–H and O–H groups in total. The number of fused-ring (bicyclic) bond motifs is 3. The van der Waals surface area contributed by atoms with E-state index in [-0.39, 0.29) is 5.41 Å². The molecule has 146 valence electrons. The van der Waals surface area contributed by atoms with Gasteiger partial charge in [0.2, 0.25) is 0 Å². The quantitative estimate of drug-likeness (QED) is 0.560. The van der Waals surface area contributed by atoms with Gasteiger partial charge in [-0.1, -0.05) is 68.5 Å². The smallest absolute Gasteiger partial charge is 0.0699 e. The first-order valence-electron chi connectivity index (χ1n) is 10.2. The van der Waals surface area contributed by atoms with Gasteiger partial charge in [0, 0.05) is 25.2 Å². The van der Waals surface area contributed by atoms with Gasteiger partial charge in [-0.05, 0) is 35.4 Å². The Morgan fingerprint density at radius 3 is 2.31 bits per heavy atom. The highest BCUT2D eigenvalue weighted by Gasteiger charge is 2.41. The van der Waals surface area contributed by atoms with Crippen LogP contribution in [-0.4, -0.2) is 20.1 Å². The number of hydrogen-bond acceptors (Lipinski definition) is 3. The van der Waals surface area contributed by atoms with E-state index in [1.54, 1.807) is 0 Å². The first-order chi connectivity index (χ1) is 14.0. The predicted octanol–water partition coefficient (Wildman–Crippen LogP) is 6.32. The summed E-state index contributed by atoms with van der Waals surface area (Å²) in [5.74, 6) is 0. The Hall–Kier alpha value is -3.20. The second-order valence-electron chi connectivity index (χ2n) is 8.60. The Balaban J connectivity index is 1.52. The van der Waals surface area contributed by atoms with Crippen LogP contribution in [0.2, 0.25) is 0 Å². The largest absolute Gasteiger partial charge is 0.367 e. The summed E-state index contributed by atoms with van der Waals surface area (Å²) in [6.07, 6.45) is 4.64. The molecule has 2 heterocycles. The van der Waals surface area contributed by atoms with Crippen molar-refractivity contribution in [3.63, 3.8) is 0 Å². The Morgan fingerprint density at radius 2 is 1.52 bits per heavy atom. The maximum absolute atomic E-state index is 3.66. The molecular weight excluding hydrogens is 354 g/mol. The van der Waals surface area contributed by atoms with Gasteiger partial charge in [-0.3, -0.25) is 0 Å². The van der Waals surface area contributed by atoms with E-state index in [9.17, 15) is 0 Å². The molecule has 1 unspecified atom stereocenters. The van der Waals surface area contributed by atoms with Crippen LogP contribution in [0.1, 0.15) is 25.0 Å². The third kappa shape index (κ3) is 2.65. The third-order valence-electron chi connectivity index (χ3n) is 6.55. The van der Waals surface area contributed by atoms with E-state index in [1.165, 1.54) is 33.9 Å². The van der Waals surface area contributed by atoms with E-state index in [4.69, 9.17) is 0 Å². The first kappa shape index (κ1) is 17.9. The van der Waals surface area contributed by atoms with Crippen molar-refractivity contribution in [2.75, 3.05) is 29.2 Å². The third-order valence-corrected chi connectivity index (χ3v) is 6.55. The SMILES string of the molecule is CN1c2ccccc2Nc2c(/C=C/C3N(C)c4ccccc4C3(C)C)cccc21. The van der Waals surface area contributed by atoms with Gasteiger partial charge in [0.15, 0.2) is 0 Å². The molecule has 2 aliphatic heterocycles. The monoisotopic (exact) mass is 381 g/mol. The fraction of sp³-hybridized carbons (Fsp3) is 0.231. The lowest BCUT2D eigenvalue weighted by molar-refractivity contribution is 0.489. The Morgan fingerprint density at radius 1 is 0.828 bits per heavy atom. The zero-order valence-corrected chi connectivity index (χ0v) is 17.5. The summed E-state index contributed by atoms with van der Waals surface area (Å²) in [6, 6.07) is 24.0. The number of benzene rings is 3. The molecule has 3 aromatic carbocycles. The minimum absolute atomic E-state index is 0.0630. The average Bonchev–Trinajstić information content (AvgIpc) is 2.93. The van der Waals surface area contributed by atoms with Gasteiger partial charge in [0.1, 0.15) is 0 Å². The molecule has 5 rings (SSSR count). The van der Waals surface area contributed by atoms with Crippen LogP contribution >= 0.6 is 0 Å². The second-order valence-corrected chi connectivity index (χ2v) is 8.60. The summed E-state index contributed by atoms with van der Waals surface area (Å²) in [5.41, 5.74) is 8.74. The van der Waals surface area contributed by atoms with Gasteiger partial charge in [-0.25, -0.2) is 0 Å². The average molecular weight is 382 g/mol. The molecule has 29 heavy (non-hydrogen) atoms. The fourth-order valence-electron chi connectivity index (χ4n) is 4.93. The minimum atomic E-state index is 0.0630. The van der Waals surface area contributed by atoms with Crippen molar-refractivity contribution in [3.8, 4) is 0 Å². The van der Waals surface area contributed by atoms with Crippen LogP contribution in [0, 0.1) is 0 Å². The van der Waals surface area contributed by atoms with Crippen molar-refractivity contribution < 1.29 is 0 Å². The molecule has 0 spiro atoms. The fourth-order valence-corrected chi connectivity index (χ4v) is 4.93. The van der Waals surface area contributed by atoms with Crippen LogP contribution in [0.15, 0.2) is 72.8 Å². The second kappa shape index (κ2) is 6.41. The van der Waals surface area contributed by atoms with Crippen LogP contribution in [0.3, 0.4) is 0 Å². The molecule has 0 saturated carbocycles. The lowest BCUT2D eigenvalue weighted by Gasteiger charge is -2.32. The van der Waals surface area contributed by atoms with Crippen LogP contribution < -0.4 is 15.1 Å². The van der Waals surface area contributed by atoms with Crippen LogP contribution in [-0.2, 0) is 5.41 Å². The van der Waals surface area contributed by atoms with Gasteiger partial charge < -0.3 is 15.1 Å². The number of nitrogens with zero attached hydrogens (tertiary/aromatic N) is 2. The molecule has 0 bridgehead atoms. The van der Waals surface area contributed by atoms with E-state index in [2.05, 4.69) is 122 Å². The number of para-hydroxylation sites is 4. The van der Waals surface area contributed by atoms with Gasteiger partial charge >= 0.3 is 0 Å². The van der Waals surface area contributed by atoms with Crippen LogP contribution in [0.25, 0.3) is 6.08 Å². The predicted molar refractivity (Wildman–Crippen MR) is 125 cm³/mol. The number of likely N-dealkylation sites (N-methyl/N-ethyl adjacent to an activating group) is 1. The molecule has 0 aromatic heterocycles. The molecular formula is C26H27N3. The summed E-state index contributed by atoms with van der Waals surface area (Å²) in [7, 11) is 4.34. The lowest BCUT2D eigenvalue weighted by Crippen LogP contribution is -2.37. The number of nitrogens with one attached hydrogen (secondary N) is 1. The minimum Gasteiger partial charge on any atom is -0.367 e. The van der Waals surface area contributed by atoms with Crippen molar-refractivity contribution in [2.24, 2.45) is 0 Å². The molecule has 1 atom stereocenters. The van der Waals surface area contributed by atoms with Gasteiger partial charge in [0.25, 0.3) is 0 Å². The number of anilines is 5. The standard InChI is InChI=1S/C26H27N3/c1-26(2)19-11-5-7-13-21(19)29(4)24(26)17-16-18-10-9-15-23-25(18)27-20-12-6-8-14-22(20)28(23)3/h5-17,24,27H,1-4H3/b17-16+. The lowest BCUT2D eigenvalue weighted by atomic mass is 9.80. The Bertz CT molecular complexity index is 1110. The molecule has 0 fully saturated rings. The highest BCUT2D eigenvalue weighted by molar-refractivity contribution is 5.95. The maximum Gasteiger partial charge on any atom is 0.0699 e. The molecule has 2 aliphatic rings. The molecule has 3 heteroatoms. The highest BCUT2D eigenvalue weighted by atomic mass is 15.2. The molecule has 0 saturated heterocycles. The first-order valence-corrected chi connectivity index (χ1v) is 10.2. The highest BCUT2D eigenvalue weighted by Crippen LogP contribution is 2.46. The van der Waals surface area contributed by atoms with Crippen LogP contribution in [0.5, 0.6) is 0 Å². The zero-order chi connectivity index (χ0) is 20.2. The molecule has 0 amide bonds. The van der Waals surface area contributed by atoms with Crippen LogP contribution in [0.4, 0.5) is 28.4 Å². The summed E-state index contributed by atoms with van der Waals surface area (Å²) < 4.78 is 0. The summed E-state index contributed by atoms with van der Waals surface area (Å²) in [5, 5.41) is 3.66. The van der Waals surface area contributed by atoms with E-state index in [0.29, 0.717) is 6.04 Å². The normalized spacial score (nSPS) is 19.0. The van der Waals surface area contributed by atoms with Crippen molar-refractivity contribution in [1.82, 2.24) is 0 Å². The van der Waals surface area contributed by atoms with E-state index in [1.807, 2.05) is 0 Å². The van der Waals surface area contributed by atoms with Crippen molar-refractivity contribution in [2.45, 2.75) is 25.3 Å². The summed E-state index contributed by atoms with van der Waals surface area (Å²) >= 11 is 0. The number of rotatable bonds is 2. The van der Waals surface area contributed by atoms with Crippen molar-refractivity contribution in [1.29, 1.82) is 0 Å². The summed E-state index contributed by atoms with van der Waals surface area (Å²) in [4.78, 5) is 4.66. The van der Waals surface area contributed by atoms with Gasteiger partial charge in [0.05, 0.1) is 28.8 Å². The van der Waals surface area contributed by atoms with Crippen molar-refractivity contribution >= 4 is 34.5 Å². The molecule has 0 aliphatic carbocycles. The Kier molecular flexibility index (Phi) is 3.95. The molecule has 3 nitrogen and oxygen atoms in total. The van der Waals surface area contributed by atoms with E-state index in [0.717, 1.165) is 5.69 Å². The van der Waals surface area contributed by atoms with E-state index < -0.39 is 0 Å². The number of hydrogen-bond donors (Lipinski definition) is 1. The molecule has 3 aromatic rings. The van der Waals surface area contributed by atoms with Crippen molar-refractivity contribution in [3.05, 3.63) is 83.9 Å². The maximum atomic E-state index is 3.66. The van der Waals surface area contributed by atoms with Gasteiger partial charge in [-0.15, -0.1) is 0 Å². The topological polar surface area (TPSA) is 18.5 Å². The Labute approximate surface area is 173 Å².